The fourth-order valence-electron chi connectivity index (χ4n) is 3.24. The quantitative estimate of drug-likeness (QED) is 0.585. The molecule has 4 rings (SSSR count). The topological polar surface area (TPSA) is 46.2 Å². The minimum absolute atomic E-state index is 0.210. The second-order valence-corrected chi connectivity index (χ2v) is 5.81. The highest BCUT2D eigenvalue weighted by Gasteiger charge is 2.52. The molecule has 0 fully saturated rings. The molecule has 1 atom stereocenters. The first kappa shape index (κ1) is 14.4. The highest BCUT2D eigenvalue weighted by Crippen LogP contribution is 2.41. The van der Waals surface area contributed by atoms with E-state index in [2.05, 4.69) is 5.32 Å². The average Bonchev–Trinajstić information content (AvgIpc) is 2.96. The molecule has 0 aromatic heterocycles. The molecule has 1 N–H and O–H groups in total. The highest BCUT2D eigenvalue weighted by molar-refractivity contribution is 6.29. The molecule has 1 aliphatic heterocycles. The fraction of sp³-hybridized carbons (Fsp3) is 0.0476. The van der Waals surface area contributed by atoms with Crippen LogP contribution in [0.25, 0.3) is 0 Å². The van der Waals surface area contributed by atoms with Gasteiger partial charge in [0.2, 0.25) is 11.6 Å². The number of rotatable bonds is 3. The lowest BCUT2D eigenvalue weighted by Crippen LogP contribution is -2.46. The van der Waals surface area contributed by atoms with E-state index in [0.717, 1.165) is 0 Å². The Morgan fingerprint density at radius 3 is 2.00 bits per heavy atom. The third-order valence-electron chi connectivity index (χ3n) is 4.42. The number of benzene rings is 3. The number of nitrogens with one attached hydrogen (secondary N) is 1. The predicted molar refractivity (Wildman–Crippen MR) is 93.3 cm³/mol. The Balaban J connectivity index is 1.94. The number of carbonyl (C=O) groups excluding carboxylic acids is 2. The van der Waals surface area contributed by atoms with Gasteiger partial charge >= 0.3 is 0 Å². The van der Waals surface area contributed by atoms with Crippen molar-refractivity contribution in [1.82, 2.24) is 0 Å². The maximum absolute atomic E-state index is 13.4. The minimum Gasteiger partial charge on any atom is -0.362 e. The van der Waals surface area contributed by atoms with Gasteiger partial charge in [-0.25, -0.2) is 0 Å². The molecule has 0 saturated carbocycles. The van der Waals surface area contributed by atoms with Gasteiger partial charge in [-0.3, -0.25) is 9.59 Å². The molecule has 0 spiro atoms. The van der Waals surface area contributed by atoms with Crippen LogP contribution >= 0.6 is 0 Å². The number of fused-ring (bicyclic) bond motifs is 1. The summed E-state index contributed by atoms with van der Waals surface area (Å²) in [5, 5.41) is 3.21. The number of para-hydroxylation sites is 1. The van der Waals surface area contributed by atoms with Gasteiger partial charge in [-0.05, 0) is 17.7 Å². The Kier molecular flexibility index (Phi) is 3.28. The SMILES string of the molecule is O=C(c1ccccc1)C1(c2ccccc2)Nc2ccccc2C1=O. The Labute approximate surface area is 140 Å². The number of ketones is 2. The predicted octanol–water partition coefficient (Wildman–Crippen LogP) is 4.07. The van der Waals surface area contributed by atoms with Crippen LogP contribution in [0, 0.1) is 0 Å². The molecule has 3 aromatic carbocycles. The molecule has 1 aliphatic rings. The van der Waals surface area contributed by atoms with Gasteiger partial charge in [0.1, 0.15) is 0 Å². The normalized spacial score (nSPS) is 18.8. The summed E-state index contributed by atoms with van der Waals surface area (Å²) in [6.45, 7) is 0. The molecule has 1 heterocycles. The molecule has 3 aromatic rings. The fourth-order valence-corrected chi connectivity index (χ4v) is 3.24. The standard InChI is InChI=1S/C21H15NO2/c23-19(15-9-3-1-4-10-15)21(16-11-5-2-6-12-16)20(24)17-13-7-8-14-18(17)22-21/h1-14,22H. The van der Waals surface area contributed by atoms with Gasteiger partial charge in [-0.15, -0.1) is 0 Å². The Morgan fingerprint density at radius 2 is 1.33 bits per heavy atom. The molecule has 0 radical (unpaired) electrons. The first-order chi connectivity index (χ1) is 11.7. The molecule has 0 bridgehead atoms. The first-order valence-corrected chi connectivity index (χ1v) is 7.81. The van der Waals surface area contributed by atoms with E-state index >= 15 is 0 Å². The van der Waals surface area contributed by atoms with Crippen LogP contribution in [0.15, 0.2) is 84.9 Å². The third-order valence-corrected chi connectivity index (χ3v) is 4.42. The van der Waals surface area contributed by atoms with Crippen LogP contribution in [0.1, 0.15) is 26.3 Å². The lowest BCUT2D eigenvalue weighted by molar-refractivity contribution is 0.0798. The lowest BCUT2D eigenvalue weighted by Gasteiger charge is -2.27. The second kappa shape index (κ2) is 5.46. The summed E-state index contributed by atoms with van der Waals surface area (Å²) in [6.07, 6.45) is 0. The van der Waals surface area contributed by atoms with Crippen molar-refractivity contribution in [1.29, 1.82) is 0 Å². The van der Waals surface area contributed by atoms with Gasteiger partial charge in [0.05, 0.1) is 0 Å². The maximum Gasteiger partial charge on any atom is 0.202 e. The van der Waals surface area contributed by atoms with Gasteiger partial charge in [-0.2, -0.15) is 0 Å². The van der Waals surface area contributed by atoms with Gasteiger partial charge in [0, 0.05) is 16.8 Å². The van der Waals surface area contributed by atoms with E-state index in [-0.39, 0.29) is 11.6 Å². The molecule has 1 unspecified atom stereocenters. The Hall–Kier alpha value is -3.20. The zero-order valence-corrected chi connectivity index (χ0v) is 12.9. The van der Waals surface area contributed by atoms with E-state index < -0.39 is 5.54 Å². The summed E-state index contributed by atoms with van der Waals surface area (Å²) in [5.41, 5.74) is 0.989. The zero-order chi connectivity index (χ0) is 16.6. The molecule has 116 valence electrons. The summed E-state index contributed by atoms with van der Waals surface area (Å²) < 4.78 is 0. The van der Waals surface area contributed by atoms with Crippen LogP contribution in [-0.2, 0) is 5.54 Å². The van der Waals surface area contributed by atoms with Gasteiger partial charge < -0.3 is 5.32 Å². The zero-order valence-electron chi connectivity index (χ0n) is 12.9. The minimum atomic E-state index is -1.41. The monoisotopic (exact) mass is 313 g/mol. The number of carbonyl (C=O) groups is 2. The highest BCUT2D eigenvalue weighted by atomic mass is 16.2. The number of hydrogen-bond donors (Lipinski definition) is 1. The summed E-state index contributed by atoms with van der Waals surface area (Å²) in [7, 11) is 0. The summed E-state index contributed by atoms with van der Waals surface area (Å²) in [6, 6.07) is 25.4. The van der Waals surface area contributed by atoms with Crippen molar-refractivity contribution >= 4 is 17.3 Å². The Morgan fingerprint density at radius 1 is 0.750 bits per heavy atom. The molecule has 3 heteroatoms. The molecular weight excluding hydrogens is 298 g/mol. The Bertz CT molecular complexity index is 919. The first-order valence-electron chi connectivity index (χ1n) is 7.81. The number of Topliss-reactive ketones (excluding diaryl/α,β-unsaturated/α-hetero) is 2. The van der Waals surface area contributed by atoms with Crippen molar-refractivity contribution in [2.45, 2.75) is 5.54 Å². The van der Waals surface area contributed by atoms with Crippen molar-refractivity contribution in [2.75, 3.05) is 5.32 Å². The maximum atomic E-state index is 13.4. The van der Waals surface area contributed by atoms with Crippen LogP contribution < -0.4 is 5.32 Å². The van der Waals surface area contributed by atoms with Crippen molar-refractivity contribution in [3.8, 4) is 0 Å². The molecule has 3 nitrogen and oxygen atoms in total. The van der Waals surface area contributed by atoms with Crippen LogP contribution in [0.5, 0.6) is 0 Å². The summed E-state index contributed by atoms with van der Waals surface area (Å²) in [5.74, 6) is -0.450. The molecule has 0 saturated heterocycles. The molecule has 24 heavy (non-hydrogen) atoms. The average molecular weight is 313 g/mol. The molecule has 0 amide bonds. The van der Waals surface area contributed by atoms with Crippen molar-refractivity contribution in [3.63, 3.8) is 0 Å². The van der Waals surface area contributed by atoms with E-state index in [1.807, 2.05) is 54.6 Å². The third kappa shape index (κ3) is 1.98. The van der Waals surface area contributed by atoms with Crippen LogP contribution in [0.4, 0.5) is 5.69 Å². The van der Waals surface area contributed by atoms with Crippen LogP contribution in [0.2, 0.25) is 0 Å². The van der Waals surface area contributed by atoms with Crippen molar-refractivity contribution in [2.24, 2.45) is 0 Å². The summed E-state index contributed by atoms with van der Waals surface area (Å²) in [4.78, 5) is 26.6. The summed E-state index contributed by atoms with van der Waals surface area (Å²) >= 11 is 0. The van der Waals surface area contributed by atoms with E-state index in [1.54, 1.807) is 30.3 Å². The lowest BCUT2D eigenvalue weighted by atomic mass is 9.79. The van der Waals surface area contributed by atoms with Crippen LogP contribution in [-0.4, -0.2) is 11.6 Å². The van der Waals surface area contributed by atoms with E-state index in [4.69, 9.17) is 0 Å². The molecule has 0 aliphatic carbocycles. The van der Waals surface area contributed by atoms with Crippen molar-refractivity contribution < 1.29 is 9.59 Å². The second-order valence-electron chi connectivity index (χ2n) is 5.81. The van der Waals surface area contributed by atoms with E-state index in [0.29, 0.717) is 22.4 Å². The van der Waals surface area contributed by atoms with Gasteiger partial charge in [0.15, 0.2) is 5.54 Å². The largest absolute Gasteiger partial charge is 0.362 e. The van der Waals surface area contributed by atoms with Crippen molar-refractivity contribution in [3.05, 3.63) is 102 Å². The van der Waals surface area contributed by atoms with Gasteiger partial charge in [0.25, 0.3) is 0 Å². The van der Waals surface area contributed by atoms with E-state index in [1.165, 1.54) is 0 Å². The molecular formula is C21H15NO2. The number of hydrogen-bond acceptors (Lipinski definition) is 3. The van der Waals surface area contributed by atoms with E-state index in [9.17, 15) is 9.59 Å². The smallest absolute Gasteiger partial charge is 0.202 e. The van der Waals surface area contributed by atoms with Gasteiger partial charge in [-0.1, -0.05) is 72.8 Å². The van der Waals surface area contributed by atoms with Crippen LogP contribution in [0.3, 0.4) is 0 Å². The number of anilines is 1.